The topological polar surface area (TPSA) is 50.5 Å². The highest BCUT2D eigenvalue weighted by atomic mass is 32.1. The Balaban J connectivity index is 1.69. The van der Waals surface area contributed by atoms with Crippen molar-refractivity contribution in [2.75, 3.05) is 32.1 Å². The van der Waals surface area contributed by atoms with E-state index in [9.17, 15) is 4.79 Å². The molecule has 0 spiro atoms. The number of nitrogens with zero attached hydrogens (tertiary/aromatic N) is 3. The van der Waals surface area contributed by atoms with Gasteiger partial charge in [-0.2, -0.15) is 0 Å². The molecule has 2 heterocycles. The van der Waals surface area contributed by atoms with Gasteiger partial charge in [0, 0.05) is 18.5 Å². The van der Waals surface area contributed by atoms with Gasteiger partial charge >= 0.3 is 0 Å². The van der Waals surface area contributed by atoms with Gasteiger partial charge in [-0.15, -0.1) is 11.3 Å². The summed E-state index contributed by atoms with van der Waals surface area (Å²) in [7, 11) is 4.26. The molecule has 0 fully saturated rings. The molecule has 144 valence electrons. The number of thiazole rings is 2. The van der Waals surface area contributed by atoms with Crippen LogP contribution in [-0.2, 0) is 0 Å². The SMILES string of the molecule is Cc1ccc2nc(N(CCC[NH+](C)C)C(=O)c3ccc4ncsc4c3)sc2c1. The number of fused-ring (bicyclic) bond motifs is 2. The number of anilines is 1. The first-order valence-electron chi connectivity index (χ1n) is 9.32. The van der Waals surface area contributed by atoms with E-state index in [0.717, 1.165) is 38.5 Å². The first kappa shape index (κ1) is 19.0. The van der Waals surface area contributed by atoms with Crippen molar-refractivity contribution in [1.29, 1.82) is 0 Å². The monoisotopic (exact) mass is 411 g/mol. The Hall–Kier alpha value is -2.35. The highest BCUT2D eigenvalue weighted by Crippen LogP contribution is 2.31. The summed E-state index contributed by atoms with van der Waals surface area (Å²) in [6.45, 7) is 3.73. The molecule has 0 saturated carbocycles. The molecule has 0 unspecified atom stereocenters. The predicted molar refractivity (Wildman–Crippen MR) is 118 cm³/mol. The van der Waals surface area contributed by atoms with Gasteiger partial charge in [0.2, 0.25) is 0 Å². The zero-order valence-corrected chi connectivity index (χ0v) is 17.9. The zero-order chi connectivity index (χ0) is 19.7. The number of aromatic nitrogens is 2. The second kappa shape index (κ2) is 7.95. The number of aryl methyl sites for hydroxylation is 1. The van der Waals surface area contributed by atoms with Crippen LogP contribution in [-0.4, -0.2) is 43.1 Å². The highest BCUT2D eigenvalue weighted by molar-refractivity contribution is 7.22. The average Bonchev–Trinajstić information content (AvgIpc) is 3.29. The van der Waals surface area contributed by atoms with E-state index in [1.807, 2.05) is 34.7 Å². The summed E-state index contributed by atoms with van der Waals surface area (Å²) in [6.07, 6.45) is 0.922. The third-order valence-corrected chi connectivity index (χ3v) is 6.48. The van der Waals surface area contributed by atoms with Gasteiger partial charge in [0.25, 0.3) is 5.91 Å². The quantitative estimate of drug-likeness (QED) is 0.529. The van der Waals surface area contributed by atoms with E-state index in [2.05, 4.69) is 38.1 Å². The van der Waals surface area contributed by atoms with Crippen molar-refractivity contribution in [3.05, 3.63) is 53.0 Å². The van der Waals surface area contributed by atoms with Crippen molar-refractivity contribution in [2.45, 2.75) is 13.3 Å². The highest BCUT2D eigenvalue weighted by Gasteiger charge is 2.22. The standard InChI is InChI=1S/C21H22N4OS2/c1-14-5-7-17-19(11-14)28-21(23-17)25(10-4-9-24(2)3)20(26)15-6-8-16-18(12-15)27-13-22-16/h5-8,11-13H,4,9-10H2,1-3H3/p+1. The molecule has 0 radical (unpaired) electrons. The Morgan fingerprint density at radius 3 is 2.75 bits per heavy atom. The molecular weight excluding hydrogens is 388 g/mol. The maximum absolute atomic E-state index is 13.4. The van der Waals surface area contributed by atoms with Crippen LogP contribution in [0.3, 0.4) is 0 Å². The lowest BCUT2D eigenvalue weighted by Gasteiger charge is -2.20. The van der Waals surface area contributed by atoms with E-state index in [4.69, 9.17) is 4.98 Å². The lowest BCUT2D eigenvalue weighted by molar-refractivity contribution is -0.858. The summed E-state index contributed by atoms with van der Waals surface area (Å²) >= 11 is 3.14. The minimum absolute atomic E-state index is 0.000154. The predicted octanol–water partition coefficient (Wildman–Crippen LogP) is 3.40. The number of amides is 1. The van der Waals surface area contributed by atoms with Gasteiger partial charge in [-0.3, -0.25) is 9.69 Å². The van der Waals surface area contributed by atoms with Crippen molar-refractivity contribution in [3.63, 3.8) is 0 Å². The van der Waals surface area contributed by atoms with Crippen LogP contribution in [0.5, 0.6) is 0 Å². The summed E-state index contributed by atoms with van der Waals surface area (Å²) in [6, 6.07) is 11.9. The van der Waals surface area contributed by atoms with Crippen LogP contribution in [0.1, 0.15) is 22.3 Å². The first-order valence-corrected chi connectivity index (χ1v) is 11.0. The minimum Gasteiger partial charge on any atom is -0.340 e. The van der Waals surface area contributed by atoms with Crippen molar-refractivity contribution in [3.8, 4) is 0 Å². The van der Waals surface area contributed by atoms with Gasteiger partial charge in [0.05, 0.1) is 46.6 Å². The first-order chi connectivity index (χ1) is 13.5. The molecule has 4 rings (SSSR count). The molecule has 2 aromatic heterocycles. The number of benzene rings is 2. The summed E-state index contributed by atoms with van der Waals surface area (Å²) in [5.41, 5.74) is 5.57. The van der Waals surface area contributed by atoms with E-state index in [1.165, 1.54) is 10.5 Å². The van der Waals surface area contributed by atoms with Gasteiger partial charge < -0.3 is 4.90 Å². The lowest BCUT2D eigenvalue weighted by atomic mass is 10.2. The molecule has 0 bridgehead atoms. The number of hydrogen-bond acceptors (Lipinski definition) is 5. The molecule has 7 heteroatoms. The molecule has 0 aliphatic carbocycles. The molecule has 1 N–H and O–H groups in total. The summed E-state index contributed by atoms with van der Waals surface area (Å²) in [5.74, 6) is -0.000154. The van der Waals surface area contributed by atoms with Gasteiger partial charge in [-0.1, -0.05) is 17.4 Å². The normalized spacial score (nSPS) is 11.6. The van der Waals surface area contributed by atoms with E-state index in [1.54, 1.807) is 22.7 Å². The van der Waals surface area contributed by atoms with Crippen molar-refractivity contribution >= 4 is 54.1 Å². The van der Waals surface area contributed by atoms with E-state index < -0.39 is 0 Å². The van der Waals surface area contributed by atoms with Gasteiger partial charge in [-0.25, -0.2) is 9.97 Å². The molecule has 0 aliphatic rings. The van der Waals surface area contributed by atoms with Crippen LogP contribution in [0.4, 0.5) is 5.13 Å². The molecule has 28 heavy (non-hydrogen) atoms. The lowest BCUT2D eigenvalue weighted by Crippen LogP contribution is -3.05. The van der Waals surface area contributed by atoms with Crippen molar-refractivity contribution < 1.29 is 9.69 Å². The maximum Gasteiger partial charge on any atom is 0.260 e. The van der Waals surface area contributed by atoms with Crippen LogP contribution in [0.25, 0.3) is 20.4 Å². The van der Waals surface area contributed by atoms with Crippen LogP contribution in [0, 0.1) is 6.92 Å². The number of rotatable bonds is 6. The van der Waals surface area contributed by atoms with Gasteiger partial charge in [0.1, 0.15) is 0 Å². The number of carbonyl (C=O) groups is 1. The van der Waals surface area contributed by atoms with Crippen LogP contribution < -0.4 is 9.80 Å². The summed E-state index contributed by atoms with van der Waals surface area (Å²) in [5, 5.41) is 0.767. The molecule has 2 aromatic carbocycles. The molecule has 5 nitrogen and oxygen atoms in total. The van der Waals surface area contributed by atoms with E-state index in [0.29, 0.717) is 12.1 Å². The Bertz CT molecular complexity index is 1130. The molecule has 0 aliphatic heterocycles. The smallest absolute Gasteiger partial charge is 0.260 e. The van der Waals surface area contributed by atoms with Crippen LogP contribution in [0.15, 0.2) is 41.9 Å². The minimum atomic E-state index is -0.000154. The van der Waals surface area contributed by atoms with Crippen molar-refractivity contribution in [2.24, 2.45) is 0 Å². The van der Waals surface area contributed by atoms with Gasteiger partial charge in [0.15, 0.2) is 5.13 Å². The fourth-order valence-electron chi connectivity index (χ4n) is 3.15. The van der Waals surface area contributed by atoms with Crippen LogP contribution in [0.2, 0.25) is 0 Å². The molecular formula is C21H23N4OS2+. The van der Waals surface area contributed by atoms with Crippen molar-refractivity contribution in [1.82, 2.24) is 9.97 Å². The maximum atomic E-state index is 13.4. The largest absolute Gasteiger partial charge is 0.340 e. The number of nitrogens with one attached hydrogen (secondary N) is 1. The molecule has 0 saturated heterocycles. The third kappa shape index (κ3) is 3.92. The molecule has 0 atom stereocenters. The number of hydrogen-bond donors (Lipinski definition) is 1. The average molecular weight is 412 g/mol. The Morgan fingerprint density at radius 1 is 1.11 bits per heavy atom. The number of carbonyl (C=O) groups excluding carboxylic acids is 1. The van der Waals surface area contributed by atoms with E-state index >= 15 is 0 Å². The second-order valence-electron chi connectivity index (χ2n) is 7.27. The van der Waals surface area contributed by atoms with Crippen LogP contribution >= 0.6 is 22.7 Å². The zero-order valence-electron chi connectivity index (χ0n) is 16.2. The fourth-order valence-corrected chi connectivity index (χ4v) is 4.96. The van der Waals surface area contributed by atoms with Gasteiger partial charge in [-0.05, 0) is 42.8 Å². The fraction of sp³-hybridized carbons (Fsp3) is 0.286. The second-order valence-corrected chi connectivity index (χ2v) is 9.17. The Labute approximate surface area is 172 Å². The summed E-state index contributed by atoms with van der Waals surface area (Å²) in [4.78, 5) is 25.7. The Morgan fingerprint density at radius 2 is 1.93 bits per heavy atom. The molecule has 4 aromatic rings. The third-order valence-electron chi connectivity index (χ3n) is 4.65. The summed E-state index contributed by atoms with van der Waals surface area (Å²) < 4.78 is 2.15. The van der Waals surface area contributed by atoms with E-state index in [-0.39, 0.29) is 5.91 Å². The number of quaternary nitrogens is 1. The Kier molecular flexibility index (Phi) is 5.39. The molecule has 1 amide bonds.